The molecule has 0 aliphatic carbocycles. The zero-order valence-electron chi connectivity index (χ0n) is 20.7. The molecule has 0 aromatic carbocycles. The normalized spacial score (nSPS) is 17.7. The summed E-state index contributed by atoms with van der Waals surface area (Å²) in [7, 11) is 0. The smallest absolute Gasteiger partial charge is 0.243 e. The van der Waals surface area contributed by atoms with Gasteiger partial charge in [-0.3, -0.25) is 4.79 Å². The SMILES string of the molecule is CC(=O)N1CC[C@H](Nc2nc(N)c3c(-c4ccc5nc(C)n(CCF)c5n4)c(F)cn3n2)C(C)(C)C1. The summed E-state index contributed by atoms with van der Waals surface area (Å²) in [6.07, 6.45) is 1.96. The highest BCUT2D eigenvalue weighted by molar-refractivity contribution is 5.89. The van der Waals surface area contributed by atoms with E-state index in [0.717, 1.165) is 6.42 Å². The standard InChI is InChI=1S/C24H29F2N9O/c1-13-28-17-6-5-16(29-22(17)34(13)10-8-25)19-15(26)11-35-20(19)21(27)31-23(32-35)30-18-7-9-33(14(2)36)12-24(18,3)4/h5-6,11,18H,7-10,12H2,1-4H3,(H3,27,30,31,32)/t18-/m0/s1. The minimum absolute atomic E-state index is 0.00654. The van der Waals surface area contributed by atoms with Gasteiger partial charge in [0, 0.05) is 31.5 Å². The molecule has 0 spiro atoms. The van der Waals surface area contributed by atoms with Crippen LogP contribution in [-0.2, 0) is 11.3 Å². The number of carbonyl (C=O) groups is 1. The third kappa shape index (κ3) is 3.99. The molecule has 1 amide bonds. The molecular weight excluding hydrogens is 468 g/mol. The number of nitrogens with two attached hydrogens (primary N) is 1. The van der Waals surface area contributed by atoms with Crippen molar-refractivity contribution in [3.05, 3.63) is 30.0 Å². The van der Waals surface area contributed by atoms with Crippen molar-refractivity contribution in [2.24, 2.45) is 5.41 Å². The zero-order valence-corrected chi connectivity index (χ0v) is 20.7. The summed E-state index contributed by atoms with van der Waals surface area (Å²) < 4.78 is 31.3. The number of nitrogens with zero attached hydrogens (tertiary/aromatic N) is 7. The molecule has 1 aliphatic heterocycles. The highest BCUT2D eigenvalue weighted by Gasteiger charge is 2.37. The number of pyridine rings is 1. The minimum Gasteiger partial charge on any atom is -0.382 e. The van der Waals surface area contributed by atoms with Crippen molar-refractivity contribution in [2.75, 3.05) is 30.8 Å². The fourth-order valence-electron chi connectivity index (χ4n) is 5.04. The highest BCUT2D eigenvalue weighted by atomic mass is 19.1. The fraction of sp³-hybridized carbons (Fsp3) is 0.458. The molecule has 12 heteroatoms. The van der Waals surface area contributed by atoms with E-state index in [2.05, 4.69) is 39.2 Å². The molecule has 190 valence electrons. The fourth-order valence-corrected chi connectivity index (χ4v) is 5.04. The first kappa shape index (κ1) is 23.9. The largest absolute Gasteiger partial charge is 0.382 e. The zero-order chi connectivity index (χ0) is 25.8. The third-order valence-corrected chi connectivity index (χ3v) is 6.94. The number of alkyl halides is 1. The molecule has 1 aliphatic rings. The summed E-state index contributed by atoms with van der Waals surface area (Å²) in [5, 5.41) is 7.80. The van der Waals surface area contributed by atoms with Gasteiger partial charge in [-0.25, -0.2) is 23.3 Å². The van der Waals surface area contributed by atoms with Crippen LogP contribution < -0.4 is 11.1 Å². The number of anilines is 2. The van der Waals surface area contributed by atoms with Crippen molar-refractivity contribution in [2.45, 2.75) is 46.7 Å². The Morgan fingerprint density at radius 1 is 1.28 bits per heavy atom. The summed E-state index contributed by atoms with van der Waals surface area (Å²) in [6, 6.07) is 3.38. The van der Waals surface area contributed by atoms with Gasteiger partial charge in [0.2, 0.25) is 11.9 Å². The van der Waals surface area contributed by atoms with E-state index >= 15 is 4.39 Å². The average molecular weight is 498 g/mol. The lowest BCUT2D eigenvalue weighted by Crippen LogP contribution is -2.53. The highest BCUT2D eigenvalue weighted by Crippen LogP contribution is 2.34. The maximum Gasteiger partial charge on any atom is 0.243 e. The second kappa shape index (κ2) is 8.68. The number of piperidine rings is 1. The molecule has 0 bridgehead atoms. The van der Waals surface area contributed by atoms with Crippen LogP contribution in [0, 0.1) is 18.2 Å². The van der Waals surface area contributed by atoms with Crippen LogP contribution >= 0.6 is 0 Å². The number of aromatic nitrogens is 6. The van der Waals surface area contributed by atoms with Crippen molar-refractivity contribution in [3.8, 4) is 11.3 Å². The predicted octanol–water partition coefficient (Wildman–Crippen LogP) is 3.20. The lowest BCUT2D eigenvalue weighted by molar-refractivity contribution is -0.132. The van der Waals surface area contributed by atoms with Crippen molar-refractivity contribution in [3.63, 3.8) is 0 Å². The summed E-state index contributed by atoms with van der Waals surface area (Å²) >= 11 is 0. The van der Waals surface area contributed by atoms with Gasteiger partial charge in [-0.05, 0) is 25.5 Å². The number of halogens is 2. The van der Waals surface area contributed by atoms with Crippen molar-refractivity contribution in [1.29, 1.82) is 0 Å². The van der Waals surface area contributed by atoms with E-state index in [-0.39, 0.29) is 41.2 Å². The van der Waals surface area contributed by atoms with Crippen molar-refractivity contribution in [1.82, 2.24) is 34.0 Å². The first-order valence-corrected chi connectivity index (χ1v) is 11.9. The lowest BCUT2D eigenvalue weighted by Gasteiger charge is -2.44. The van der Waals surface area contributed by atoms with Gasteiger partial charge in [0.15, 0.2) is 17.3 Å². The molecule has 3 N–H and O–H groups in total. The topological polar surface area (TPSA) is 119 Å². The summed E-state index contributed by atoms with van der Waals surface area (Å²) in [6.45, 7) is 8.27. The second-order valence-corrected chi connectivity index (χ2v) is 9.92. The Morgan fingerprint density at radius 3 is 2.75 bits per heavy atom. The van der Waals surface area contributed by atoms with Crippen LogP contribution in [0.25, 0.3) is 27.9 Å². The van der Waals surface area contributed by atoms with Crippen LogP contribution in [0.15, 0.2) is 18.3 Å². The summed E-state index contributed by atoms with van der Waals surface area (Å²) in [5.41, 5.74) is 7.94. The van der Waals surface area contributed by atoms with E-state index < -0.39 is 12.5 Å². The van der Waals surface area contributed by atoms with E-state index in [1.54, 1.807) is 30.5 Å². The number of nitrogens with one attached hydrogen (secondary N) is 1. The Balaban J connectivity index is 1.51. The maximum atomic E-state index is 15.2. The maximum absolute atomic E-state index is 15.2. The molecule has 1 atom stereocenters. The first-order chi connectivity index (χ1) is 17.1. The number of imidazole rings is 1. The summed E-state index contributed by atoms with van der Waals surface area (Å²) in [4.78, 5) is 27.1. The van der Waals surface area contributed by atoms with Gasteiger partial charge in [-0.1, -0.05) is 13.8 Å². The number of carbonyl (C=O) groups excluding carboxylic acids is 1. The Labute approximate surface area is 206 Å². The van der Waals surface area contributed by atoms with Crippen LogP contribution in [0.1, 0.15) is 33.0 Å². The molecule has 0 unspecified atom stereocenters. The van der Waals surface area contributed by atoms with Gasteiger partial charge in [0.1, 0.15) is 23.5 Å². The van der Waals surface area contributed by atoms with Crippen molar-refractivity contribution < 1.29 is 13.6 Å². The lowest BCUT2D eigenvalue weighted by atomic mass is 9.79. The van der Waals surface area contributed by atoms with Crippen LogP contribution in [0.5, 0.6) is 0 Å². The summed E-state index contributed by atoms with van der Waals surface area (Å²) in [5.74, 6) is 0.499. The number of aryl methyl sites for hydroxylation is 2. The molecule has 1 fully saturated rings. The molecule has 4 aromatic heterocycles. The van der Waals surface area contributed by atoms with Gasteiger partial charge >= 0.3 is 0 Å². The molecule has 1 saturated heterocycles. The van der Waals surface area contributed by atoms with Crippen LogP contribution in [-0.4, -0.2) is 65.7 Å². The number of amides is 1. The van der Waals surface area contributed by atoms with E-state index in [9.17, 15) is 9.18 Å². The number of fused-ring (bicyclic) bond motifs is 2. The Morgan fingerprint density at radius 2 is 2.06 bits per heavy atom. The van der Waals surface area contributed by atoms with E-state index in [1.165, 1.54) is 10.7 Å². The van der Waals surface area contributed by atoms with Crippen LogP contribution in [0.3, 0.4) is 0 Å². The molecule has 0 saturated carbocycles. The average Bonchev–Trinajstić information content (AvgIpc) is 3.30. The van der Waals surface area contributed by atoms with Crippen molar-refractivity contribution >= 4 is 34.4 Å². The number of rotatable bonds is 5. The number of nitrogen functional groups attached to an aromatic ring is 1. The molecule has 4 aromatic rings. The van der Waals surface area contributed by atoms with Crippen LogP contribution in [0.4, 0.5) is 20.5 Å². The van der Waals surface area contributed by atoms with E-state index in [1.807, 2.05) is 4.90 Å². The molecule has 5 rings (SSSR count). The molecule has 10 nitrogen and oxygen atoms in total. The minimum atomic E-state index is -0.567. The van der Waals surface area contributed by atoms with Gasteiger partial charge in [-0.2, -0.15) is 4.98 Å². The Kier molecular flexibility index (Phi) is 5.76. The quantitative estimate of drug-likeness (QED) is 0.435. The Bertz CT molecular complexity index is 1480. The van der Waals surface area contributed by atoms with Gasteiger partial charge in [-0.15, -0.1) is 5.10 Å². The van der Waals surface area contributed by atoms with Gasteiger partial charge < -0.3 is 20.5 Å². The second-order valence-electron chi connectivity index (χ2n) is 9.92. The van der Waals surface area contributed by atoms with Crippen LogP contribution in [0.2, 0.25) is 0 Å². The van der Waals surface area contributed by atoms with E-state index in [4.69, 9.17) is 5.73 Å². The number of hydrogen-bond acceptors (Lipinski definition) is 7. The number of hydrogen-bond donors (Lipinski definition) is 2. The number of likely N-dealkylation sites (tertiary alicyclic amines) is 1. The molecule has 36 heavy (non-hydrogen) atoms. The third-order valence-electron chi connectivity index (χ3n) is 6.94. The van der Waals surface area contributed by atoms with Gasteiger partial charge in [0.25, 0.3) is 0 Å². The Hall–Kier alpha value is -3.83. The predicted molar refractivity (Wildman–Crippen MR) is 133 cm³/mol. The molecular formula is C24H29F2N9O. The monoisotopic (exact) mass is 497 g/mol. The van der Waals surface area contributed by atoms with Gasteiger partial charge in [0.05, 0.1) is 24.0 Å². The molecule has 0 radical (unpaired) electrons. The molecule has 5 heterocycles. The van der Waals surface area contributed by atoms with E-state index in [0.29, 0.717) is 41.3 Å². The first-order valence-electron chi connectivity index (χ1n) is 11.9.